The predicted molar refractivity (Wildman–Crippen MR) is 122 cm³/mol. The zero-order valence-corrected chi connectivity index (χ0v) is 17.5. The van der Waals surface area contributed by atoms with Crippen LogP contribution in [0.15, 0.2) is 54.6 Å². The number of rotatable bonds is 5. The number of fused-ring (bicyclic) bond motifs is 1. The van der Waals surface area contributed by atoms with Crippen molar-refractivity contribution in [1.82, 2.24) is 4.90 Å². The van der Waals surface area contributed by atoms with Crippen molar-refractivity contribution in [2.45, 2.75) is 13.8 Å². The molecular formula is C25H27N3O2. The summed E-state index contributed by atoms with van der Waals surface area (Å²) in [5.74, 6) is 0.689. The number of nitrogens with zero attached hydrogens (tertiary/aromatic N) is 2. The summed E-state index contributed by atoms with van der Waals surface area (Å²) in [6.07, 6.45) is 1.34. The molecule has 1 N–H and O–H groups in total. The summed E-state index contributed by atoms with van der Waals surface area (Å²) in [6, 6.07) is 18.0. The Balaban J connectivity index is 1.38. The summed E-state index contributed by atoms with van der Waals surface area (Å²) in [4.78, 5) is 17.0. The molecule has 0 atom stereocenters. The molecule has 0 unspecified atom stereocenters. The lowest BCUT2D eigenvalue weighted by atomic mass is 10.0. The van der Waals surface area contributed by atoms with Crippen LogP contribution >= 0.6 is 0 Å². The van der Waals surface area contributed by atoms with E-state index in [0.717, 1.165) is 29.4 Å². The molecule has 3 aromatic rings. The zero-order chi connectivity index (χ0) is 21.1. The van der Waals surface area contributed by atoms with Gasteiger partial charge in [-0.3, -0.25) is 4.79 Å². The van der Waals surface area contributed by atoms with Crippen LogP contribution in [0.5, 0.6) is 5.75 Å². The van der Waals surface area contributed by atoms with Crippen LogP contribution in [0.4, 0.5) is 5.69 Å². The highest BCUT2D eigenvalue weighted by Gasteiger charge is 2.22. The first-order valence-electron chi connectivity index (χ1n) is 10.3. The Morgan fingerprint density at radius 1 is 1.00 bits per heavy atom. The van der Waals surface area contributed by atoms with E-state index in [4.69, 9.17) is 10.1 Å². The molecule has 154 valence electrons. The summed E-state index contributed by atoms with van der Waals surface area (Å²) in [7, 11) is 0. The van der Waals surface area contributed by atoms with E-state index in [1.165, 1.54) is 23.0 Å². The number of carbonyl (C=O) groups excluding carboxylic acids is 1. The normalized spacial score (nSPS) is 14.1. The Labute approximate surface area is 177 Å². The van der Waals surface area contributed by atoms with Crippen molar-refractivity contribution in [2.75, 3.05) is 37.7 Å². The SMILES string of the molecule is Cc1ccc(N2CCN(C(=O)COc3ccc(C=N)c4ccccc34)CC2)c(C)c1. The van der Waals surface area contributed by atoms with Crippen LogP contribution in [-0.4, -0.2) is 49.8 Å². The number of benzene rings is 3. The average molecular weight is 402 g/mol. The van der Waals surface area contributed by atoms with Crippen molar-refractivity contribution in [2.24, 2.45) is 0 Å². The van der Waals surface area contributed by atoms with Gasteiger partial charge in [-0.05, 0) is 43.0 Å². The summed E-state index contributed by atoms with van der Waals surface area (Å²) in [6.45, 7) is 7.32. The molecule has 1 aliphatic rings. The molecule has 5 nitrogen and oxygen atoms in total. The van der Waals surface area contributed by atoms with Gasteiger partial charge in [0.15, 0.2) is 6.61 Å². The Morgan fingerprint density at radius 3 is 2.43 bits per heavy atom. The second kappa shape index (κ2) is 8.57. The van der Waals surface area contributed by atoms with Crippen LogP contribution in [0.2, 0.25) is 0 Å². The molecule has 0 aliphatic carbocycles. The number of hydrogen-bond acceptors (Lipinski definition) is 4. The van der Waals surface area contributed by atoms with E-state index in [1.807, 2.05) is 41.3 Å². The van der Waals surface area contributed by atoms with Crippen molar-refractivity contribution in [3.63, 3.8) is 0 Å². The third-order valence-corrected chi connectivity index (χ3v) is 5.75. The van der Waals surface area contributed by atoms with Crippen LogP contribution in [0.1, 0.15) is 16.7 Å². The zero-order valence-electron chi connectivity index (χ0n) is 17.5. The van der Waals surface area contributed by atoms with Crippen molar-refractivity contribution in [1.29, 1.82) is 5.41 Å². The Bertz CT molecular complexity index is 1080. The minimum atomic E-state index is 0.00971. The van der Waals surface area contributed by atoms with Gasteiger partial charge < -0.3 is 19.9 Å². The lowest BCUT2D eigenvalue weighted by molar-refractivity contribution is -0.133. The number of anilines is 1. The van der Waals surface area contributed by atoms with E-state index >= 15 is 0 Å². The average Bonchev–Trinajstić information content (AvgIpc) is 2.77. The number of ether oxygens (including phenoxy) is 1. The summed E-state index contributed by atoms with van der Waals surface area (Å²) in [5, 5.41) is 9.45. The van der Waals surface area contributed by atoms with E-state index < -0.39 is 0 Å². The molecule has 0 spiro atoms. The van der Waals surface area contributed by atoms with E-state index in [0.29, 0.717) is 18.8 Å². The fourth-order valence-electron chi connectivity index (χ4n) is 4.13. The van der Waals surface area contributed by atoms with Gasteiger partial charge in [0.05, 0.1) is 0 Å². The molecule has 3 aromatic carbocycles. The van der Waals surface area contributed by atoms with Crippen LogP contribution in [0.3, 0.4) is 0 Å². The summed E-state index contributed by atoms with van der Waals surface area (Å²) >= 11 is 0. The van der Waals surface area contributed by atoms with Gasteiger partial charge in [-0.25, -0.2) is 0 Å². The third-order valence-electron chi connectivity index (χ3n) is 5.75. The number of nitrogens with one attached hydrogen (secondary N) is 1. The first-order chi connectivity index (χ1) is 14.6. The van der Waals surface area contributed by atoms with Crippen LogP contribution in [0, 0.1) is 19.3 Å². The maximum Gasteiger partial charge on any atom is 0.260 e. The van der Waals surface area contributed by atoms with E-state index in [-0.39, 0.29) is 12.5 Å². The van der Waals surface area contributed by atoms with Gasteiger partial charge >= 0.3 is 0 Å². The Hall–Kier alpha value is -3.34. The molecule has 0 bridgehead atoms. The molecule has 1 aliphatic heterocycles. The van der Waals surface area contributed by atoms with Crippen molar-refractivity contribution < 1.29 is 9.53 Å². The molecule has 1 saturated heterocycles. The van der Waals surface area contributed by atoms with Crippen molar-refractivity contribution >= 4 is 28.6 Å². The van der Waals surface area contributed by atoms with E-state index in [9.17, 15) is 4.79 Å². The molecule has 4 rings (SSSR count). The Kier molecular flexibility index (Phi) is 5.70. The quantitative estimate of drug-likeness (QED) is 0.653. The highest BCUT2D eigenvalue weighted by Crippen LogP contribution is 2.28. The molecule has 1 fully saturated rings. The Morgan fingerprint density at radius 2 is 1.73 bits per heavy atom. The second-order valence-electron chi connectivity index (χ2n) is 7.79. The molecule has 30 heavy (non-hydrogen) atoms. The van der Waals surface area contributed by atoms with Crippen LogP contribution in [0.25, 0.3) is 10.8 Å². The van der Waals surface area contributed by atoms with Crippen molar-refractivity contribution in [3.8, 4) is 5.75 Å². The molecule has 0 radical (unpaired) electrons. The monoisotopic (exact) mass is 401 g/mol. The fraction of sp³-hybridized carbons (Fsp3) is 0.280. The minimum Gasteiger partial charge on any atom is -0.483 e. The highest BCUT2D eigenvalue weighted by molar-refractivity contribution is 6.01. The summed E-state index contributed by atoms with van der Waals surface area (Å²) in [5.41, 5.74) is 4.63. The molecular weight excluding hydrogens is 374 g/mol. The van der Waals surface area contributed by atoms with Crippen molar-refractivity contribution in [3.05, 3.63) is 71.3 Å². The minimum absolute atomic E-state index is 0.00971. The molecule has 0 saturated carbocycles. The van der Waals surface area contributed by atoms with Gasteiger partial charge in [0, 0.05) is 49.0 Å². The standard InChI is InChI=1S/C25H27N3O2/c1-18-7-9-23(19(2)15-18)27-11-13-28(14-12-27)25(29)17-30-24-10-8-20(16-26)21-5-3-4-6-22(21)24/h3-10,15-16,26H,11-14,17H2,1-2H3. The van der Waals surface area contributed by atoms with E-state index in [1.54, 1.807) is 0 Å². The number of amides is 1. The number of aryl methyl sites for hydroxylation is 2. The number of carbonyl (C=O) groups is 1. The maximum absolute atomic E-state index is 12.7. The van der Waals surface area contributed by atoms with Gasteiger partial charge in [-0.15, -0.1) is 0 Å². The van der Waals surface area contributed by atoms with Gasteiger partial charge in [-0.2, -0.15) is 0 Å². The maximum atomic E-state index is 12.7. The fourth-order valence-corrected chi connectivity index (χ4v) is 4.13. The lowest BCUT2D eigenvalue weighted by Gasteiger charge is -2.36. The smallest absolute Gasteiger partial charge is 0.260 e. The molecule has 5 heteroatoms. The van der Waals surface area contributed by atoms with Crippen LogP contribution < -0.4 is 9.64 Å². The van der Waals surface area contributed by atoms with Crippen LogP contribution in [-0.2, 0) is 4.79 Å². The van der Waals surface area contributed by atoms with Gasteiger partial charge in [0.25, 0.3) is 5.91 Å². The number of hydrogen-bond donors (Lipinski definition) is 1. The third kappa shape index (κ3) is 4.01. The first-order valence-corrected chi connectivity index (χ1v) is 10.3. The van der Waals surface area contributed by atoms with Gasteiger partial charge in [0.1, 0.15) is 5.75 Å². The first kappa shape index (κ1) is 20.0. The lowest BCUT2D eigenvalue weighted by Crippen LogP contribution is -2.50. The van der Waals surface area contributed by atoms with Gasteiger partial charge in [-0.1, -0.05) is 42.0 Å². The second-order valence-corrected chi connectivity index (χ2v) is 7.79. The van der Waals surface area contributed by atoms with E-state index in [2.05, 4.69) is 36.9 Å². The van der Waals surface area contributed by atoms with Gasteiger partial charge in [0.2, 0.25) is 0 Å². The molecule has 1 amide bonds. The predicted octanol–water partition coefficient (Wildman–Crippen LogP) is 4.18. The highest BCUT2D eigenvalue weighted by atomic mass is 16.5. The number of piperazine rings is 1. The largest absolute Gasteiger partial charge is 0.483 e. The summed E-state index contributed by atoms with van der Waals surface area (Å²) < 4.78 is 5.90. The molecule has 0 aromatic heterocycles. The topological polar surface area (TPSA) is 56.6 Å². The molecule has 1 heterocycles.